The molecule has 27 heavy (non-hydrogen) atoms. The van der Waals surface area contributed by atoms with E-state index in [0.29, 0.717) is 19.1 Å². The first-order valence-electron chi connectivity index (χ1n) is 9.13. The van der Waals surface area contributed by atoms with Crippen molar-refractivity contribution in [3.05, 3.63) is 29.8 Å². The Hall–Kier alpha value is -1.68. The van der Waals surface area contributed by atoms with Gasteiger partial charge in [-0.2, -0.15) is 0 Å². The van der Waals surface area contributed by atoms with Crippen LogP contribution in [0.3, 0.4) is 0 Å². The predicted molar refractivity (Wildman–Crippen MR) is 107 cm³/mol. The van der Waals surface area contributed by atoms with E-state index in [1.54, 1.807) is 25.2 Å². The van der Waals surface area contributed by atoms with Crippen molar-refractivity contribution in [1.82, 2.24) is 15.4 Å². The monoisotopic (exact) mass is 400 g/mol. The summed E-state index contributed by atoms with van der Waals surface area (Å²) in [5, 5.41) is 6.43. The van der Waals surface area contributed by atoms with E-state index in [-0.39, 0.29) is 11.4 Å². The van der Waals surface area contributed by atoms with Crippen LogP contribution in [0.5, 0.6) is 0 Å². The van der Waals surface area contributed by atoms with E-state index in [9.17, 15) is 8.42 Å². The maximum absolute atomic E-state index is 12.3. The van der Waals surface area contributed by atoms with Gasteiger partial charge in [0.05, 0.1) is 11.5 Å². The summed E-state index contributed by atoms with van der Waals surface area (Å²) in [6, 6.07) is 6.82. The summed E-state index contributed by atoms with van der Waals surface area (Å²) >= 11 is 0. The zero-order chi connectivity index (χ0) is 20.0. The molecule has 1 rings (SSSR count). The molecule has 0 aliphatic rings. The van der Waals surface area contributed by atoms with E-state index in [0.717, 1.165) is 38.2 Å². The Kier molecular flexibility index (Phi) is 11.7. The first-order chi connectivity index (χ1) is 13.0. The van der Waals surface area contributed by atoms with Crippen LogP contribution in [0.15, 0.2) is 34.2 Å². The molecule has 0 aromatic heterocycles. The molecule has 0 amide bonds. The molecular weight excluding hydrogens is 368 g/mol. The highest BCUT2D eigenvalue weighted by atomic mass is 32.2. The summed E-state index contributed by atoms with van der Waals surface area (Å²) in [6.07, 6.45) is 1.98. The fourth-order valence-electron chi connectivity index (χ4n) is 2.27. The number of unbranched alkanes of at least 4 members (excludes halogenated alkanes) is 1. The molecule has 1 aromatic carbocycles. The normalized spacial score (nSPS) is 12.2. The van der Waals surface area contributed by atoms with Gasteiger partial charge in [-0.3, -0.25) is 4.99 Å². The van der Waals surface area contributed by atoms with Crippen LogP contribution in [0, 0.1) is 0 Å². The van der Waals surface area contributed by atoms with Crippen LogP contribution in [0.2, 0.25) is 0 Å². The Morgan fingerprint density at radius 2 is 1.96 bits per heavy atom. The minimum absolute atomic E-state index is 0.233. The third-order valence-corrected chi connectivity index (χ3v) is 5.16. The number of methoxy groups -OCH3 is 1. The van der Waals surface area contributed by atoms with E-state index in [4.69, 9.17) is 9.47 Å². The van der Waals surface area contributed by atoms with Gasteiger partial charge in [0.15, 0.2) is 5.96 Å². The zero-order valence-electron chi connectivity index (χ0n) is 16.5. The van der Waals surface area contributed by atoms with Crippen LogP contribution in [-0.2, 0) is 26.0 Å². The largest absolute Gasteiger partial charge is 0.383 e. The van der Waals surface area contributed by atoms with Gasteiger partial charge in [-0.25, -0.2) is 13.1 Å². The average molecular weight is 401 g/mol. The first-order valence-corrected chi connectivity index (χ1v) is 10.6. The number of guanidine groups is 1. The van der Waals surface area contributed by atoms with E-state index < -0.39 is 10.0 Å². The molecule has 0 saturated carbocycles. The van der Waals surface area contributed by atoms with Crippen molar-refractivity contribution < 1.29 is 17.9 Å². The molecule has 0 fully saturated rings. The molecule has 154 valence electrons. The summed E-state index contributed by atoms with van der Waals surface area (Å²) in [6.45, 7) is 5.33. The summed E-state index contributed by atoms with van der Waals surface area (Å²) in [5.41, 5.74) is 0.851. The highest BCUT2D eigenvalue weighted by Gasteiger charge is 2.13. The number of benzene rings is 1. The number of hydrogen-bond donors (Lipinski definition) is 3. The van der Waals surface area contributed by atoms with E-state index in [1.165, 1.54) is 7.11 Å². The highest BCUT2D eigenvalue weighted by Crippen LogP contribution is 2.11. The van der Waals surface area contributed by atoms with Gasteiger partial charge in [0, 0.05) is 47.0 Å². The number of ether oxygens (including phenoxy) is 2. The molecule has 3 N–H and O–H groups in total. The van der Waals surface area contributed by atoms with Crippen molar-refractivity contribution >= 4 is 16.0 Å². The predicted octanol–water partition coefficient (Wildman–Crippen LogP) is 1.09. The Morgan fingerprint density at radius 3 is 2.67 bits per heavy atom. The van der Waals surface area contributed by atoms with Crippen molar-refractivity contribution in [2.45, 2.75) is 31.2 Å². The summed E-state index contributed by atoms with van der Waals surface area (Å²) in [4.78, 5) is 4.41. The van der Waals surface area contributed by atoms with Crippen LogP contribution in [0.4, 0.5) is 0 Å². The van der Waals surface area contributed by atoms with Crippen molar-refractivity contribution in [2.75, 3.05) is 47.1 Å². The van der Waals surface area contributed by atoms with Gasteiger partial charge in [0.2, 0.25) is 10.0 Å². The average Bonchev–Trinajstić information content (AvgIpc) is 2.67. The van der Waals surface area contributed by atoms with Gasteiger partial charge in [0.1, 0.15) is 0 Å². The second-order valence-corrected chi connectivity index (χ2v) is 7.56. The Balaban J connectivity index is 2.49. The molecule has 0 radical (unpaired) electrons. The molecule has 0 aliphatic heterocycles. The lowest BCUT2D eigenvalue weighted by Crippen LogP contribution is -2.37. The fraction of sp³-hybridized carbons (Fsp3) is 0.611. The topological polar surface area (TPSA) is 101 Å². The summed E-state index contributed by atoms with van der Waals surface area (Å²) in [7, 11) is -0.307. The SMILES string of the molecule is CCOCCCCNC(=NC)NCc1cccc(S(=O)(=O)NCCOC)c1. The molecule has 0 saturated heterocycles. The van der Waals surface area contributed by atoms with Crippen LogP contribution < -0.4 is 15.4 Å². The third kappa shape index (κ3) is 9.71. The summed E-state index contributed by atoms with van der Waals surface area (Å²) in [5.74, 6) is 0.679. The zero-order valence-corrected chi connectivity index (χ0v) is 17.3. The molecule has 0 aliphatic carbocycles. The lowest BCUT2D eigenvalue weighted by Gasteiger charge is -2.13. The smallest absolute Gasteiger partial charge is 0.240 e. The van der Waals surface area contributed by atoms with Gasteiger partial charge in [-0.05, 0) is 37.5 Å². The molecule has 1 aromatic rings. The number of hydrogen-bond acceptors (Lipinski definition) is 5. The third-order valence-electron chi connectivity index (χ3n) is 3.70. The molecular formula is C18H32N4O4S. The van der Waals surface area contributed by atoms with Crippen molar-refractivity contribution in [1.29, 1.82) is 0 Å². The first kappa shape index (κ1) is 23.4. The quantitative estimate of drug-likeness (QED) is 0.260. The van der Waals surface area contributed by atoms with E-state index in [2.05, 4.69) is 20.3 Å². The molecule has 0 spiro atoms. The highest BCUT2D eigenvalue weighted by molar-refractivity contribution is 7.89. The summed E-state index contributed by atoms with van der Waals surface area (Å²) < 4.78 is 37.2. The van der Waals surface area contributed by atoms with Gasteiger partial charge >= 0.3 is 0 Å². The standard InChI is InChI=1S/C18H32N4O4S/c1-4-26-12-6-5-10-20-18(19-2)21-15-16-8-7-9-17(14-16)27(23,24)22-11-13-25-3/h7-9,14,22H,4-6,10-13,15H2,1-3H3,(H2,19,20,21). The number of rotatable bonds is 13. The van der Waals surface area contributed by atoms with Gasteiger partial charge in [-0.15, -0.1) is 0 Å². The Bertz CT molecular complexity index is 665. The van der Waals surface area contributed by atoms with E-state index >= 15 is 0 Å². The van der Waals surface area contributed by atoms with Crippen LogP contribution >= 0.6 is 0 Å². The lowest BCUT2D eigenvalue weighted by atomic mass is 10.2. The Morgan fingerprint density at radius 1 is 1.15 bits per heavy atom. The van der Waals surface area contributed by atoms with Gasteiger partial charge in [-0.1, -0.05) is 12.1 Å². The van der Waals surface area contributed by atoms with Gasteiger partial charge < -0.3 is 20.1 Å². The molecule has 8 nitrogen and oxygen atoms in total. The van der Waals surface area contributed by atoms with Crippen molar-refractivity contribution in [3.8, 4) is 0 Å². The number of nitrogens with zero attached hydrogens (tertiary/aromatic N) is 1. The molecule has 9 heteroatoms. The molecule has 0 unspecified atom stereocenters. The number of aliphatic imine (C=N–C) groups is 1. The van der Waals surface area contributed by atoms with E-state index in [1.807, 2.05) is 13.0 Å². The number of sulfonamides is 1. The Labute approximate surface area is 162 Å². The maximum atomic E-state index is 12.3. The van der Waals surface area contributed by atoms with Crippen LogP contribution in [0.1, 0.15) is 25.3 Å². The second kappa shape index (κ2) is 13.5. The van der Waals surface area contributed by atoms with Crippen molar-refractivity contribution in [2.24, 2.45) is 4.99 Å². The lowest BCUT2D eigenvalue weighted by molar-refractivity contribution is 0.143. The minimum atomic E-state index is -3.54. The van der Waals surface area contributed by atoms with Crippen LogP contribution in [-0.4, -0.2) is 61.4 Å². The second-order valence-electron chi connectivity index (χ2n) is 5.79. The molecule has 0 bridgehead atoms. The molecule has 0 atom stereocenters. The maximum Gasteiger partial charge on any atom is 0.240 e. The molecule has 0 heterocycles. The van der Waals surface area contributed by atoms with Crippen molar-refractivity contribution in [3.63, 3.8) is 0 Å². The van der Waals surface area contributed by atoms with Gasteiger partial charge in [0.25, 0.3) is 0 Å². The fourth-order valence-corrected chi connectivity index (χ4v) is 3.35. The minimum Gasteiger partial charge on any atom is -0.383 e. The van der Waals surface area contributed by atoms with Crippen LogP contribution in [0.25, 0.3) is 0 Å². The number of nitrogens with one attached hydrogen (secondary N) is 3.